The summed E-state index contributed by atoms with van der Waals surface area (Å²) in [4.78, 5) is 11.8. The van der Waals surface area contributed by atoms with Crippen molar-refractivity contribution in [1.29, 1.82) is 0 Å². The highest BCUT2D eigenvalue weighted by molar-refractivity contribution is 5.61. The third-order valence-electron chi connectivity index (χ3n) is 2.68. The zero-order valence-corrected chi connectivity index (χ0v) is 9.85. The van der Waals surface area contributed by atoms with Gasteiger partial charge in [-0.1, -0.05) is 30.3 Å². The number of aromatic hydroxyl groups is 1. The third-order valence-corrected chi connectivity index (χ3v) is 2.68. The van der Waals surface area contributed by atoms with Gasteiger partial charge in [0, 0.05) is 0 Å². The maximum absolute atomic E-state index is 11.8. The van der Waals surface area contributed by atoms with Crippen LogP contribution in [0.25, 0.3) is 17.1 Å². The summed E-state index contributed by atoms with van der Waals surface area (Å²) in [5, 5.41) is 13.8. The zero-order chi connectivity index (χ0) is 13.2. The van der Waals surface area contributed by atoms with Crippen LogP contribution in [0.5, 0.6) is 5.75 Å². The zero-order valence-electron chi connectivity index (χ0n) is 9.85. The summed E-state index contributed by atoms with van der Waals surface area (Å²) in [7, 11) is 0. The van der Waals surface area contributed by atoms with E-state index in [0.29, 0.717) is 11.3 Å². The fourth-order valence-corrected chi connectivity index (χ4v) is 1.77. The van der Waals surface area contributed by atoms with Gasteiger partial charge in [-0.3, -0.25) is 0 Å². The summed E-state index contributed by atoms with van der Waals surface area (Å²) in [5.74, 6) is -0.486. The molecule has 0 aliphatic heterocycles. The van der Waals surface area contributed by atoms with Crippen LogP contribution >= 0.6 is 0 Å². The maximum Gasteiger partial charge on any atom is 0.442 e. The van der Waals surface area contributed by atoms with Crippen molar-refractivity contribution in [3.05, 3.63) is 65.1 Å². The lowest BCUT2D eigenvalue weighted by molar-refractivity contribution is 0.469. The average molecular weight is 254 g/mol. The number of benzene rings is 2. The van der Waals surface area contributed by atoms with Gasteiger partial charge in [0.2, 0.25) is 0 Å². The summed E-state index contributed by atoms with van der Waals surface area (Å²) in [6.45, 7) is 0. The summed E-state index contributed by atoms with van der Waals surface area (Å²) in [5.41, 5.74) is 0.993. The Balaban J connectivity index is 2.13. The van der Waals surface area contributed by atoms with E-state index in [1.54, 1.807) is 42.5 Å². The van der Waals surface area contributed by atoms with Gasteiger partial charge < -0.3 is 9.52 Å². The van der Waals surface area contributed by atoms with Gasteiger partial charge in [0.15, 0.2) is 0 Å². The predicted molar refractivity (Wildman–Crippen MR) is 69.2 cm³/mol. The highest BCUT2D eigenvalue weighted by Crippen LogP contribution is 2.26. The van der Waals surface area contributed by atoms with Gasteiger partial charge in [0.1, 0.15) is 5.75 Å². The number of para-hydroxylation sites is 2. The lowest BCUT2D eigenvalue weighted by atomic mass is 10.2. The van der Waals surface area contributed by atoms with Crippen LogP contribution in [0.1, 0.15) is 0 Å². The van der Waals surface area contributed by atoms with E-state index in [4.69, 9.17) is 4.42 Å². The molecule has 1 heterocycles. The molecule has 0 saturated heterocycles. The van der Waals surface area contributed by atoms with Crippen molar-refractivity contribution < 1.29 is 9.52 Å². The molecule has 5 heteroatoms. The molecular formula is C14H10N2O3. The largest absolute Gasteiger partial charge is 0.507 e. The molecule has 0 aliphatic carbocycles. The number of aromatic nitrogens is 2. The maximum atomic E-state index is 11.8. The Bertz CT molecular complexity index is 760. The molecule has 3 aromatic rings. The van der Waals surface area contributed by atoms with Crippen LogP contribution in [0.4, 0.5) is 0 Å². The predicted octanol–water partition coefficient (Wildman–Crippen LogP) is 2.20. The van der Waals surface area contributed by atoms with Crippen molar-refractivity contribution in [2.24, 2.45) is 0 Å². The summed E-state index contributed by atoms with van der Waals surface area (Å²) >= 11 is 0. The number of rotatable bonds is 2. The van der Waals surface area contributed by atoms with E-state index >= 15 is 0 Å². The second-order valence-corrected chi connectivity index (χ2v) is 3.94. The van der Waals surface area contributed by atoms with Crippen molar-refractivity contribution in [1.82, 2.24) is 9.78 Å². The Kier molecular flexibility index (Phi) is 2.64. The smallest absolute Gasteiger partial charge is 0.442 e. The molecule has 0 saturated carbocycles. The van der Waals surface area contributed by atoms with Gasteiger partial charge in [0.05, 0.1) is 11.3 Å². The molecule has 0 amide bonds. The molecule has 5 nitrogen and oxygen atoms in total. The Morgan fingerprint density at radius 1 is 1.00 bits per heavy atom. The quantitative estimate of drug-likeness (QED) is 0.761. The highest BCUT2D eigenvalue weighted by Gasteiger charge is 2.14. The minimum absolute atomic E-state index is 0.0176. The Labute approximate surface area is 108 Å². The molecule has 0 radical (unpaired) electrons. The van der Waals surface area contributed by atoms with Gasteiger partial charge >= 0.3 is 5.76 Å². The molecule has 0 unspecified atom stereocenters. The highest BCUT2D eigenvalue weighted by atomic mass is 16.4. The average Bonchev–Trinajstić information content (AvgIpc) is 2.82. The van der Waals surface area contributed by atoms with E-state index in [-0.39, 0.29) is 11.6 Å². The van der Waals surface area contributed by atoms with Crippen LogP contribution in [0.2, 0.25) is 0 Å². The monoisotopic (exact) mass is 254 g/mol. The lowest BCUT2D eigenvalue weighted by Crippen LogP contribution is -2.12. The molecule has 2 aromatic carbocycles. The van der Waals surface area contributed by atoms with Gasteiger partial charge in [-0.25, -0.2) is 4.79 Å². The molecule has 1 aromatic heterocycles. The Morgan fingerprint density at radius 3 is 2.42 bits per heavy atom. The molecule has 19 heavy (non-hydrogen) atoms. The van der Waals surface area contributed by atoms with E-state index < -0.39 is 5.76 Å². The summed E-state index contributed by atoms with van der Waals surface area (Å²) in [6.07, 6.45) is 0. The Hall–Kier alpha value is -2.82. The molecule has 0 atom stereocenters. The first kappa shape index (κ1) is 11.3. The second-order valence-electron chi connectivity index (χ2n) is 3.94. The molecule has 0 bridgehead atoms. The minimum atomic E-state index is -0.593. The number of phenolic OH excluding ortho intramolecular Hbond substituents is 1. The fraction of sp³-hybridized carbons (Fsp3) is 0. The summed E-state index contributed by atoms with van der Waals surface area (Å²) < 4.78 is 6.23. The molecular weight excluding hydrogens is 244 g/mol. The van der Waals surface area contributed by atoms with E-state index in [0.717, 1.165) is 4.68 Å². The first-order valence-corrected chi connectivity index (χ1v) is 5.69. The second kappa shape index (κ2) is 4.45. The van der Waals surface area contributed by atoms with Crippen molar-refractivity contribution in [2.45, 2.75) is 0 Å². The topological polar surface area (TPSA) is 68.3 Å². The van der Waals surface area contributed by atoms with E-state index in [1.165, 1.54) is 6.07 Å². The van der Waals surface area contributed by atoms with Gasteiger partial charge in [0.25, 0.3) is 5.89 Å². The molecule has 1 N–H and O–H groups in total. The van der Waals surface area contributed by atoms with Crippen molar-refractivity contribution in [3.8, 4) is 22.9 Å². The molecule has 94 valence electrons. The molecule has 0 fully saturated rings. The van der Waals surface area contributed by atoms with Gasteiger partial charge in [-0.2, -0.15) is 4.68 Å². The standard InChI is InChI=1S/C14H10N2O3/c17-12-9-5-4-8-11(12)13-15-16(14(18)19-13)10-6-2-1-3-7-10/h1-9,17H. The fourth-order valence-electron chi connectivity index (χ4n) is 1.77. The Morgan fingerprint density at radius 2 is 1.68 bits per heavy atom. The number of nitrogens with zero attached hydrogens (tertiary/aromatic N) is 2. The SMILES string of the molecule is O=c1oc(-c2ccccc2O)nn1-c1ccccc1. The van der Waals surface area contributed by atoms with E-state index in [1.807, 2.05) is 6.07 Å². The van der Waals surface area contributed by atoms with Crippen LogP contribution in [0, 0.1) is 0 Å². The van der Waals surface area contributed by atoms with Crippen molar-refractivity contribution in [2.75, 3.05) is 0 Å². The molecule has 0 spiro atoms. The molecule has 3 rings (SSSR count). The van der Waals surface area contributed by atoms with Crippen LogP contribution in [-0.4, -0.2) is 14.9 Å². The molecule has 0 aliphatic rings. The van der Waals surface area contributed by atoms with Crippen LogP contribution < -0.4 is 5.76 Å². The number of phenols is 1. The first-order valence-electron chi connectivity index (χ1n) is 5.69. The van der Waals surface area contributed by atoms with E-state index in [2.05, 4.69) is 5.10 Å². The normalized spacial score (nSPS) is 10.5. The number of hydrogen-bond donors (Lipinski definition) is 1. The minimum Gasteiger partial charge on any atom is -0.507 e. The first-order chi connectivity index (χ1) is 9.25. The lowest BCUT2D eigenvalue weighted by Gasteiger charge is -1.98. The van der Waals surface area contributed by atoms with E-state index in [9.17, 15) is 9.90 Å². The van der Waals surface area contributed by atoms with Crippen molar-refractivity contribution >= 4 is 0 Å². The van der Waals surface area contributed by atoms with Gasteiger partial charge in [-0.05, 0) is 24.3 Å². The summed E-state index contributed by atoms with van der Waals surface area (Å²) in [6, 6.07) is 15.5. The van der Waals surface area contributed by atoms with Gasteiger partial charge in [-0.15, -0.1) is 5.10 Å². The third kappa shape index (κ3) is 2.01. The van der Waals surface area contributed by atoms with Crippen LogP contribution in [0.15, 0.2) is 63.8 Å². The van der Waals surface area contributed by atoms with Crippen LogP contribution in [-0.2, 0) is 0 Å². The van der Waals surface area contributed by atoms with Crippen molar-refractivity contribution in [3.63, 3.8) is 0 Å². The van der Waals surface area contributed by atoms with Crippen LogP contribution in [0.3, 0.4) is 0 Å². The number of hydrogen-bond acceptors (Lipinski definition) is 4.